The van der Waals surface area contributed by atoms with Crippen LogP contribution in [0.4, 0.5) is 27.9 Å². The van der Waals surface area contributed by atoms with Gasteiger partial charge in [-0.1, -0.05) is 0 Å². The van der Waals surface area contributed by atoms with Gasteiger partial charge in [0.2, 0.25) is 11.8 Å². The van der Waals surface area contributed by atoms with E-state index < -0.39 is 37.3 Å². The van der Waals surface area contributed by atoms with Crippen molar-refractivity contribution < 1.29 is 31.8 Å². The number of halogens is 5. The highest BCUT2D eigenvalue weighted by Crippen LogP contribution is 2.35. The zero-order valence-electron chi connectivity index (χ0n) is 20.6. The van der Waals surface area contributed by atoms with Gasteiger partial charge in [0.25, 0.3) is 12.3 Å². The highest BCUT2D eigenvalue weighted by Gasteiger charge is 2.45. The summed E-state index contributed by atoms with van der Waals surface area (Å²) in [5, 5.41) is 16.1. The molecule has 4 aromatic rings. The van der Waals surface area contributed by atoms with Gasteiger partial charge in [0, 0.05) is 24.8 Å². The molecule has 3 aromatic heterocycles. The molecular formula is C24H26F5N7O2. The lowest BCUT2D eigenvalue weighted by molar-refractivity contribution is -0.0760. The number of aryl methyl sites for hydroxylation is 1. The van der Waals surface area contributed by atoms with E-state index in [0.717, 1.165) is 0 Å². The van der Waals surface area contributed by atoms with Gasteiger partial charge in [0.1, 0.15) is 16.9 Å². The van der Waals surface area contributed by atoms with Crippen LogP contribution in [0.1, 0.15) is 12.2 Å². The Bertz CT molecular complexity index is 1470. The summed E-state index contributed by atoms with van der Waals surface area (Å²) >= 11 is 0. The maximum absolute atomic E-state index is 15.0. The van der Waals surface area contributed by atoms with Crippen LogP contribution in [0.3, 0.4) is 0 Å². The molecule has 0 bridgehead atoms. The molecule has 5 rings (SSSR count). The van der Waals surface area contributed by atoms with Gasteiger partial charge >= 0.3 is 0 Å². The summed E-state index contributed by atoms with van der Waals surface area (Å²) in [4.78, 5) is 9.86. The van der Waals surface area contributed by atoms with Gasteiger partial charge < -0.3 is 19.7 Å². The van der Waals surface area contributed by atoms with E-state index in [1.165, 1.54) is 34.1 Å². The van der Waals surface area contributed by atoms with Crippen LogP contribution >= 0.6 is 0 Å². The lowest BCUT2D eigenvalue weighted by Gasteiger charge is -2.38. The van der Waals surface area contributed by atoms with E-state index in [9.17, 15) is 22.0 Å². The number of anilines is 1. The number of aliphatic hydroxyl groups is 1. The highest BCUT2D eigenvalue weighted by atomic mass is 19.3. The van der Waals surface area contributed by atoms with Crippen LogP contribution in [-0.2, 0) is 6.54 Å². The van der Waals surface area contributed by atoms with Crippen molar-refractivity contribution >= 4 is 22.5 Å². The summed E-state index contributed by atoms with van der Waals surface area (Å²) < 4.78 is 78.9. The molecule has 1 unspecified atom stereocenters. The first-order valence-corrected chi connectivity index (χ1v) is 12.0. The number of hydrogen-bond donors (Lipinski definition) is 2. The van der Waals surface area contributed by atoms with Gasteiger partial charge in [-0.15, -0.1) is 5.10 Å². The predicted octanol–water partition coefficient (Wildman–Crippen LogP) is 3.58. The fourth-order valence-corrected chi connectivity index (χ4v) is 4.93. The third-order valence-electron chi connectivity index (χ3n) is 6.70. The Hall–Kier alpha value is -3.52. The third kappa shape index (κ3) is 4.73. The van der Waals surface area contributed by atoms with Crippen LogP contribution in [0, 0.1) is 12.7 Å². The number of imidazole rings is 1. The Balaban J connectivity index is 1.51. The van der Waals surface area contributed by atoms with Crippen LogP contribution in [0.5, 0.6) is 5.88 Å². The molecule has 1 fully saturated rings. The number of benzene rings is 1. The molecule has 4 heterocycles. The van der Waals surface area contributed by atoms with E-state index in [-0.39, 0.29) is 48.3 Å². The second-order valence-electron chi connectivity index (χ2n) is 9.20. The van der Waals surface area contributed by atoms with E-state index in [1.807, 2.05) is 0 Å². The summed E-state index contributed by atoms with van der Waals surface area (Å²) in [6, 6.07) is 3.19. The average Bonchev–Trinajstić information content (AvgIpc) is 3.41. The second kappa shape index (κ2) is 9.98. The Labute approximate surface area is 213 Å². The monoisotopic (exact) mass is 539 g/mol. The van der Waals surface area contributed by atoms with Crippen molar-refractivity contribution in [2.75, 3.05) is 38.7 Å². The summed E-state index contributed by atoms with van der Waals surface area (Å²) in [6.45, 7) is 0.726. The quantitative estimate of drug-likeness (QED) is 0.331. The number of aliphatic hydroxyl groups excluding tert-OH is 1. The van der Waals surface area contributed by atoms with Crippen molar-refractivity contribution in [3.8, 4) is 17.0 Å². The van der Waals surface area contributed by atoms with Crippen LogP contribution in [0.25, 0.3) is 27.7 Å². The summed E-state index contributed by atoms with van der Waals surface area (Å²) in [7, 11) is 1.36. The molecule has 1 aliphatic rings. The first-order valence-electron chi connectivity index (χ1n) is 12.0. The number of fused-ring (bicyclic) bond motifs is 2. The molecule has 0 saturated carbocycles. The van der Waals surface area contributed by atoms with E-state index in [2.05, 4.69) is 20.4 Å². The molecule has 9 nitrogen and oxygen atoms in total. The SMILES string of the molecule is COc1nc(NC2CCN(CCO)CC2(F)F)nn2ccc(-c3cc(F)c4nc(C)n(CC(F)F)c4c3)c12. The molecule has 0 spiro atoms. The van der Waals surface area contributed by atoms with Crippen LogP contribution in [0.15, 0.2) is 24.4 Å². The molecular weight excluding hydrogens is 513 g/mol. The standard InChI is InChI=1S/C24H26F5N7O2/c1-13-30-20-16(25)9-14(10-17(20)35(13)11-19(26)27)15-3-6-36-21(15)22(38-2)32-23(33-36)31-18-4-5-34(7-8-37)12-24(18,28)29/h3,6,9-10,18-19,37H,4-5,7-8,11-12H2,1-2H3,(H,31,33). The zero-order chi connectivity index (χ0) is 27.2. The number of aromatic nitrogens is 5. The number of piperidine rings is 1. The Kier molecular flexibility index (Phi) is 6.86. The molecule has 204 valence electrons. The topological polar surface area (TPSA) is 92.7 Å². The summed E-state index contributed by atoms with van der Waals surface area (Å²) in [5.41, 5.74) is 1.36. The molecule has 14 heteroatoms. The number of methoxy groups -OCH3 is 1. The lowest BCUT2D eigenvalue weighted by Crippen LogP contribution is -2.55. The molecule has 38 heavy (non-hydrogen) atoms. The maximum atomic E-state index is 15.0. The zero-order valence-corrected chi connectivity index (χ0v) is 20.6. The van der Waals surface area contributed by atoms with Crippen molar-refractivity contribution in [2.24, 2.45) is 0 Å². The van der Waals surface area contributed by atoms with Gasteiger partial charge in [-0.05, 0) is 37.1 Å². The van der Waals surface area contributed by atoms with Crippen molar-refractivity contribution in [1.82, 2.24) is 29.0 Å². The van der Waals surface area contributed by atoms with E-state index in [4.69, 9.17) is 9.84 Å². The number of β-amino-alcohol motifs (C(OH)–C–C–N with tert-alkyl or cyclic N) is 1. The summed E-state index contributed by atoms with van der Waals surface area (Å²) in [6.07, 6.45) is -0.994. The first-order chi connectivity index (χ1) is 18.1. The number of hydrogen-bond acceptors (Lipinski definition) is 7. The lowest BCUT2D eigenvalue weighted by atomic mass is 10.0. The normalized spacial score (nSPS) is 18.1. The number of ether oxygens (including phenoxy) is 1. The molecule has 1 atom stereocenters. The molecule has 1 saturated heterocycles. The van der Waals surface area contributed by atoms with E-state index >= 15 is 0 Å². The number of rotatable bonds is 8. The average molecular weight is 540 g/mol. The minimum atomic E-state index is -3.09. The van der Waals surface area contributed by atoms with Gasteiger partial charge in [-0.3, -0.25) is 4.90 Å². The summed E-state index contributed by atoms with van der Waals surface area (Å²) in [5.74, 6) is -3.53. The molecule has 0 amide bonds. The Morgan fingerprint density at radius 2 is 2.05 bits per heavy atom. The number of alkyl halides is 4. The van der Waals surface area contributed by atoms with Crippen molar-refractivity contribution in [1.29, 1.82) is 0 Å². The van der Waals surface area contributed by atoms with Gasteiger partial charge in [-0.25, -0.2) is 31.5 Å². The molecule has 0 radical (unpaired) electrons. The highest BCUT2D eigenvalue weighted by molar-refractivity contribution is 5.90. The minimum Gasteiger partial charge on any atom is -0.479 e. The maximum Gasteiger partial charge on any atom is 0.280 e. The smallest absolute Gasteiger partial charge is 0.280 e. The molecule has 1 aromatic carbocycles. The molecule has 2 N–H and O–H groups in total. The fraction of sp³-hybridized carbons (Fsp3) is 0.458. The van der Waals surface area contributed by atoms with Crippen molar-refractivity contribution in [3.63, 3.8) is 0 Å². The van der Waals surface area contributed by atoms with Crippen LogP contribution in [-0.4, -0.2) is 85.9 Å². The third-order valence-corrected chi connectivity index (χ3v) is 6.70. The van der Waals surface area contributed by atoms with E-state index in [0.29, 0.717) is 23.2 Å². The molecule has 1 aliphatic heterocycles. The Morgan fingerprint density at radius 3 is 2.74 bits per heavy atom. The van der Waals surface area contributed by atoms with Gasteiger partial charge in [-0.2, -0.15) is 4.98 Å². The largest absolute Gasteiger partial charge is 0.479 e. The van der Waals surface area contributed by atoms with Crippen LogP contribution < -0.4 is 10.1 Å². The second-order valence-corrected chi connectivity index (χ2v) is 9.20. The van der Waals surface area contributed by atoms with Gasteiger partial charge in [0.15, 0.2) is 5.82 Å². The number of nitrogens with zero attached hydrogens (tertiary/aromatic N) is 6. The number of nitrogens with one attached hydrogen (secondary N) is 1. The van der Waals surface area contributed by atoms with Crippen molar-refractivity contribution in [3.05, 3.63) is 36.0 Å². The fourth-order valence-electron chi connectivity index (χ4n) is 4.93. The Morgan fingerprint density at radius 1 is 1.26 bits per heavy atom. The van der Waals surface area contributed by atoms with E-state index in [1.54, 1.807) is 18.3 Å². The number of likely N-dealkylation sites (tertiary alicyclic amines) is 1. The molecule has 0 aliphatic carbocycles. The van der Waals surface area contributed by atoms with Crippen molar-refractivity contribution in [2.45, 2.75) is 38.3 Å². The first kappa shape index (κ1) is 26.1. The predicted molar refractivity (Wildman–Crippen MR) is 129 cm³/mol. The minimum absolute atomic E-state index is 0.0175. The van der Waals surface area contributed by atoms with Gasteiger partial charge in [0.05, 0.1) is 38.4 Å². The van der Waals surface area contributed by atoms with Crippen LogP contribution in [0.2, 0.25) is 0 Å².